The van der Waals surface area contributed by atoms with Crippen LogP contribution >= 0.6 is 15.9 Å². The number of nitrogens with zero attached hydrogens (tertiary/aromatic N) is 1. The minimum atomic E-state index is -0.0178. The summed E-state index contributed by atoms with van der Waals surface area (Å²) >= 11 is 3.53. The second-order valence-electron chi connectivity index (χ2n) is 4.94. The maximum atomic E-state index is 5.90. The molecule has 2 aromatic carbocycles. The van der Waals surface area contributed by atoms with Gasteiger partial charge in [-0.1, -0.05) is 40.2 Å². The van der Waals surface area contributed by atoms with Gasteiger partial charge in [-0.05, 0) is 36.8 Å². The van der Waals surface area contributed by atoms with E-state index >= 15 is 0 Å². The van der Waals surface area contributed by atoms with E-state index in [0.717, 1.165) is 26.7 Å². The van der Waals surface area contributed by atoms with Gasteiger partial charge in [0.25, 0.3) is 0 Å². The molecule has 0 aliphatic rings. The van der Waals surface area contributed by atoms with Crippen LogP contribution in [0.15, 0.2) is 59.2 Å². The molecule has 1 aromatic heterocycles. The van der Waals surface area contributed by atoms with Crippen LogP contribution in [0.4, 0.5) is 0 Å². The van der Waals surface area contributed by atoms with E-state index in [-0.39, 0.29) is 6.04 Å². The fourth-order valence-corrected chi connectivity index (χ4v) is 2.90. The Bertz CT molecular complexity index is 787. The van der Waals surface area contributed by atoms with E-state index in [1.165, 1.54) is 0 Å². The van der Waals surface area contributed by atoms with Crippen molar-refractivity contribution >= 4 is 26.8 Å². The lowest BCUT2D eigenvalue weighted by Gasteiger charge is -2.11. The molecule has 0 aliphatic heterocycles. The highest BCUT2D eigenvalue weighted by Crippen LogP contribution is 2.30. The fraction of sp³-hybridized carbons (Fsp3) is 0.118. The molecule has 1 heterocycles. The second-order valence-corrected chi connectivity index (χ2v) is 5.79. The van der Waals surface area contributed by atoms with Crippen molar-refractivity contribution in [2.24, 2.45) is 5.73 Å². The molecule has 0 amide bonds. The van der Waals surface area contributed by atoms with Gasteiger partial charge in [0, 0.05) is 15.9 Å². The predicted molar refractivity (Wildman–Crippen MR) is 88.6 cm³/mol. The summed E-state index contributed by atoms with van der Waals surface area (Å²) in [6.07, 6.45) is 1.73. The van der Waals surface area contributed by atoms with Crippen molar-refractivity contribution in [2.75, 3.05) is 0 Å². The van der Waals surface area contributed by atoms with Gasteiger partial charge in [0.15, 0.2) is 0 Å². The van der Waals surface area contributed by atoms with E-state index in [2.05, 4.69) is 20.9 Å². The molecule has 2 N–H and O–H groups in total. The van der Waals surface area contributed by atoms with E-state index in [1.54, 1.807) is 6.20 Å². The van der Waals surface area contributed by atoms with Crippen LogP contribution in [0.2, 0.25) is 0 Å². The Morgan fingerprint density at radius 2 is 1.90 bits per heavy atom. The van der Waals surface area contributed by atoms with E-state index in [9.17, 15) is 0 Å². The maximum absolute atomic E-state index is 5.90. The SMILES string of the molecule is C[C@@H](N)c1ccc(Oc2cnc3ccccc3c2)cc1Br. The van der Waals surface area contributed by atoms with Gasteiger partial charge in [-0.2, -0.15) is 0 Å². The zero-order valence-electron chi connectivity index (χ0n) is 11.6. The number of ether oxygens (including phenoxy) is 1. The lowest BCUT2D eigenvalue weighted by atomic mass is 10.1. The van der Waals surface area contributed by atoms with Crippen LogP contribution in [-0.4, -0.2) is 4.98 Å². The van der Waals surface area contributed by atoms with Gasteiger partial charge in [-0.3, -0.25) is 4.98 Å². The molecule has 0 spiro atoms. The molecule has 21 heavy (non-hydrogen) atoms. The molecule has 0 saturated carbocycles. The summed E-state index contributed by atoms with van der Waals surface area (Å²) in [5.41, 5.74) is 7.91. The molecule has 3 aromatic rings. The van der Waals surface area contributed by atoms with Crippen molar-refractivity contribution in [3.8, 4) is 11.5 Å². The topological polar surface area (TPSA) is 48.1 Å². The summed E-state index contributed by atoms with van der Waals surface area (Å²) in [5.74, 6) is 1.47. The Labute approximate surface area is 131 Å². The third-order valence-electron chi connectivity index (χ3n) is 3.26. The van der Waals surface area contributed by atoms with Gasteiger partial charge in [-0.25, -0.2) is 0 Å². The van der Waals surface area contributed by atoms with Crippen molar-refractivity contribution in [3.05, 3.63) is 64.8 Å². The molecule has 3 rings (SSSR count). The van der Waals surface area contributed by atoms with Crippen LogP contribution in [0.3, 0.4) is 0 Å². The van der Waals surface area contributed by atoms with Crippen molar-refractivity contribution in [2.45, 2.75) is 13.0 Å². The average Bonchev–Trinajstić information content (AvgIpc) is 2.47. The number of fused-ring (bicyclic) bond motifs is 1. The quantitative estimate of drug-likeness (QED) is 0.742. The zero-order chi connectivity index (χ0) is 14.8. The van der Waals surface area contributed by atoms with Crippen LogP contribution in [0, 0.1) is 0 Å². The summed E-state index contributed by atoms with van der Waals surface area (Å²) in [7, 11) is 0. The number of benzene rings is 2. The Morgan fingerprint density at radius 3 is 2.67 bits per heavy atom. The van der Waals surface area contributed by atoms with Crippen LogP contribution in [0.25, 0.3) is 10.9 Å². The number of aromatic nitrogens is 1. The zero-order valence-corrected chi connectivity index (χ0v) is 13.2. The third kappa shape index (κ3) is 3.06. The van der Waals surface area contributed by atoms with Gasteiger partial charge < -0.3 is 10.5 Å². The molecule has 4 heteroatoms. The monoisotopic (exact) mass is 342 g/mol. The molecule has 0 saturated heterocycles. The average molecular weight is 343 g/mol. The van der Waals surface area contributed by atoms with Crippen molar-refractivity contribution in [3.63, 3.8) is 0 Å². The van der Waals surface area contributed by atoms with E-state index in [4.69, 9.17) is 10.5 Å². The molecule has 0 bridgehead atoms. The molecule has 0 aliphatic carbocycles. The highest BCUT2D eigenvalue weighted by molar-refractivity contribution is 9.10. The number of pyridine rings is 1. The molecule has 0 unspecified atom stereocenters. The molecule has 0 fully saturated rings. The standard InChI is InChI=1S/C17H15BrN2O/c1-11(19)15-7-6-13(9-16(15)18)21-14-8-12-4-2-3-5-17(12)20-10-14/h2-11H,19H2,1H3/t11-/m1/s1. The lowest BCUT2D eigenvalue weighted by molar-refractivity contribution is 0.480. The summed E-state index contributed by atoms with van der Waals surface area (Å²) in [6, 6.07) is 15.7. The molecule has 106 valence electrons. The van der Waals surface area contributed by atoms with Gasteiger partial charge >= 0.3 is 0 Å². The largest absolute Gasteiger partial charge is 0.456 e. The van der Waals surface area contributed by atoms with E-state index < -0.39 is 0 Å². The first-order chi connectivity index (χ1) is 10.1. The van der Waals surface area contributed by atoms with Crippen LogP contribution < -0.4 is 10.5 Å². The minimum Gasteiger partial charge on any atom is -0.456 e. The number of hydrogen-bond acceptors (Lipinski definition) is 3. The van der Waals surface area contributed by atoms with Gasteiger partial charge in [0.1, 0.15) is 11.5 Å². The first-order valence-corrected chi connectivity index (χ1v) is 7.50. The highest BCUT2D eigenvalue weighted by atomic mass is 79.9. The van der Waals surface area contributed by atoms with Gasteiger partial charge in [-0.15, -0.1) is 0 Å². The summed E-state index contributed by atoms with van der Waals surface area (Å²) < 4.78 is 6.82. The fourth-order valence-electron chi connectivity index (χ4n) is 2.18. The normalized spacial score (nSPS) is 12.3. The first kappa shape index (κ1) is 14.0. The Kier molecular flexibility index (Phi) is 3.90. The summed E-state index contributed by atoms with van der Waals surface area (Å²) in [5, 5.41) is 1.06. The highest BCUT2D eigenvalue weighted by Gasteiger charge is 2.07. The Balaban J connectivity index is 1.89. The number of nitrogens with two attached hydrogens (primary N) is 1. The van der Waals surface area contributed by atoms with Crippen LogP contribution in [0.1, 0.15) is 18.5 Å². The van der Waals surface area contributed by atoms with Crippen molar-refractivity contribution in [1.82, 2.24) is 4.98 Å². The number of hydrogen-bond donors (Lipinski definition) is 1. The third-order valence-corrected chi connectivity index (χ3v) is 3.95. The molecular formula is C17H15BrN2O. The molecule has 1 atom stereocenters. The smallest absolute Gasteiger partial charge is 0.146 e. The second kappa shape index (κ2) is 5.84. The molecular weight excluding hydrogens is 328 g/mol. The van der Waals surface area contributed by atoms with Crippen LogP contribution in [0.5, 0.6) is 11.5 Å². The van der Waals surface area contributed by atoms with E-state index in [1.807, 2.05) is 55.5 Å². The Hall–Kier alpha value is -1.91. The summed E-state index contributed by atoms with van der Waals surface area (Å²) in [4.78, 5) is 4.39. The van der Waals surface area contributed by atoms with Gasteiger partial charge in [0.2, 0.25) is 0 Å². The minimum absolute atomic E-state index is 0.0178. The van der Waals surface area contributed by atoms with Crippen molar-refractivity contribution in [1.29, 1.82) is 0 Å². The maximum Gasteiger partial charge on any atom is 0.146 e. The molecule has 3 nitrogen and oxygen atoms in total. The first-order valence-electron chi connectivity index (χ1n) is 6.71. The summed E-state index contributed by atoms with van der Waals surface area (Å²) in [6.45, 7) is 1.95. The number of halogens is 1. The molecule has 0 radical (unpaired) electrons. The Morgan fingerprint density at radius 1 is 1.10 bits per heavy atom. The van der Waals surface area contributed by atoms with Gasteiger partial charge in [0.05, 0.1) is 11.7 Å². The predicted octanol–water partition coefficient (Wildman–Crippen LogP) is 4.81. The number of para-hydroxylation sites is 1. The lowest BCUT2D eigenvalue weighted by Crippen LogP contribution is -2.05. The number of rotatable bonds is 3. The van der Waals surface area contributed by atoms with E-state index in [0.29, 0.717) is 5.75 Å². The van der Waals surface area contributed by atoms with Crippen molar-refractivity contribution < 1.29 is 4.74 Å². The van der Waals surface area contributed by atoms with Crippen LogP contribution in [-0.2, 0) is 0 Å².